The minimum absolute atomic E-state index is 0.0902. The molecular weight excluding hydrogens is 657 g/mol. The second-order valence-corrected chi connectivity index (χ2v) is 13.5. The molecule has 262 valence electrons. The summed E-state index contributed by atoms with van der Waals surface area (Å²) in [6, 6.07) is 9.63. The first-order valence-corrected chi connectivity index (χ1v) is 17.1. The first-order valence-electron chi connectivity index (χ1n) is 16.3. The van der Waals surface area contributed by atoms with Crippen LogP contribution in [-0.4, -0.2) is 83.6 Å². The molecule has 4 rings (SSSR count). The number of hydrogen-bond acceptors (Lipinski definition) is 8. The standard InChI is InChI=1S/C35H47Cl2N5O6/c1-21-17-42(22(2)20-43)34(44)28-16-27(38-35(45)39-33-24(4)40-48-25(33)5)11-13-31(28)47-23(3)9-7-8-14-46-32(21)19-41(6)18-26-10-12-29(36)30(37)15-26/h10-13,15-16,21-23,32,43H,7-9,14,17-20H2,1-6H3,(H2,38,39,45)/t21-,22-,23-,32+/m1/s1. The third-order valence-corrected chi connectivity index (χ3v) is 9.25. The Hall–Kier alpha value is -3.35. The number of nitrogens with one attached hydrogen (secondary N) is 2. The Kier molecular flexibility index (Phi) is 13.5. The molecule has 3 amide bonds. The van der Waals surface area contributed by atoms with E-state index in [0.29, 0.717) is 64.9 Å². The van der Waals surface area contributed by atoms with Gasteiger partial charge in [0.05, 0.1) is 40.5 Å². The van der Waals surface area contributed by atoms with Crippen molar-refractivity contribution in [3.63, 3.8) is 0 Å². The number of ether oxygens (including phenoxy) is 2. The Morgan fingerprint density at radius 1 is 1.12 bits per heavy atom. The molecule has 2 heterocycles. The number of benzene rings is 2. The number of carbonyl (C=O) groups is 2. The number of aliphatic hydroxyl groups excluding tert-OH is 1. The molecule has 1 aliphatic rings. The van der Waals surface area contributed by atoms with Crippen LogP contribution in [0.2, 0.25) is 10.0 Å². The van der Waals surface area contributed by atoms with E-state index in [4.69, 9.17) is 37.2 Å². The van der Waals surface area contributed by atoms with Gasteiger partial charge in [-0.3, -0.25) is 9.69 Å². The average molecular weight is 705 g/mol. The van der Waals surface area contributed by atoms with E-state index in [1.54, 1.807) is 43.0 Å². The van der Waals surface area contributed by atoms with Crippen LogP contribution in [0.5, 0.6) is 5.75 Å². The van der Waals surface area contributed by atoms with E-state index in [9.17, 15) is 14.7 Å². The fraction of sp³-hybridized carbons (Fsp3) is 0.514. The van der Waals surface area contributed by atoms with E-state index in [-0.39, 0.29) is 36.2 Å². The summed E-state index contributed by atoms with van der Waals surface area (Å²) < 4.78 is 17.9. The number of aliphatic hydroxyl groups is 1. The molecule has 0 aliphatic carbocycles. The van der Waals surface area contributed by atoms with Crippen molar-refractivity contribution >= 4 is 46.5 Å². The van der Waals surface area contributed by atoms with Crippen molar-refractivity contribution in [1.82, 2.24) is 15.0 Å². The van der Waals surface area contributed by atoms with Gasteiger partial charge in [0.2, 0.25) is 0 Å². The van der Waals surface area contributed by atoms with Crippen LogP contribution in [0.3, 0.4) is 0 Å². The Morgan fingerprint density at radius 2 is 1.90 bits per heavy atom. The van der Waals surface area contributed by atoms with Crippen molar-refractivity contribution in [2.24, 2.45) is 5.92 Å². The van der Waals surface area contributed by atoms with Gasteiger partial charge >= 0.3 is 6.03 Å². The van der Waals surface area contributed by atoms with E-state index in [1.165, 1.54) is 0 Å². The second kappa shape index (κ2) is 17.3. The molecule has 1 aliphatic heterocycles. The first kappa shape index (κ1) is 37.5. The van der Waals surface area contributed by atoms with Crippen LogP contribution >= 0.6 is 23.2 Å². The minimum Gasteiger partial charge on any atom is -0.490 e. The van der Waals surface area contributed by atoms with Crippen LogP contribution in [0, 0.1) is 19.8 Å². The van der Waals surface area contributed by atoms with E-state index in [2.05, 4.69) is 27.6 Å². The molecule has 0 radical (unpaired) electrons. The molecule has 11 nitrogen and oxygen atoms in total. The van der Waals surface area contributed by atoms with Crippen LogP contribution in [-0.2, 0) is 11.3 Å². The summed E-state index contributed by atoms with van der Waals surface area (Å²) in [5.74, 6) is 0.487. The average Bonchev–Trinajstić information content (AvgIpc) is 3.36. The molecule has 3 N–H and O–H groups in total. The third-order valence-electron chi connectivity index (χ3n) is 8.51. The van der Waals surface area contributed by atoms with Crippen LogP contribution in [0.4, 0.5) is 16.2 Å². The van der Waals surface area contributed by atoms with Crippen molar-refractivity contribution in [1.29, 1.82) is 0 Å². The van der Waals surface area contributed by atoms with Crippen molar-refractivity contribution in [2.45, 2.75) is 78.7 Å². The Bertz CT molecular complexity index is 1530. The van der Waals surface area contributed by atoms with Gasteiger partial charge in [-0.25, -0.2) is 4.79 Å². The Labute approximate surface area is 292 Å². The zero-order chi connectivity index (χ0) is 35.0. The molecule has 1 aromatic heterocycles. The highest BCUT2D eigenvalue weighted by atomic mass is 35.5. The molecule has 2 aromatic carbocycles. The smallest absolute Gasteiger partial charge is 0.323 e. The number of rotatable bonds is 8. The molecule has 0 fully saturated rings. The lowest BCUT2D eigenvalue weighted by atomic mass is 10.0. The maximum absolute atomic E-state index is 14.4. The fourth-order valence-corrected chi connectivity index (χ4v) is 6.04. The molecule has 48 heavy (non-hydrogen) atoms. The monoisotopic (exact) mass is 703 g/mol. The molecule has 13 heteroatoms. The number of urea groups is 1. The number of nitrogens with zero attached hydrogens (tertiary/aromatic N) is 3. The Balaban J connectivity index is 1.59. The summed E-state index contributed by atoms with van der Waals surface area (Å²) in [6.45, 7) is 11.2. The number of aryl methyl sites for hydroxylation is 2. The normalized spacial score (nSPS) is 20.1. The summed E-state index contributed by atoms with van der Waals surface area (Å²) in [4.78, 5) is 31.1. The first-order chi connectivity index (χ1) is 22.9. The van der Waals surface area contributed by atoms with Crippen molar-refractivity contribution < 1.29 is 28.7 Å². The van der Waals surface area contributed by atoms with Crippen molar-refractivity contribution in [3.8, 4) is 5.75 Å². The molecule has 4 atom stereocenters. The van der Waals surface area contributed by atoms with Gasteiger partial charge in [-0.15, -0.1) is 0 Å². The number of anilines is 2. The summed E-state index contributed by atoms with van der Waals surface area (Å²) in [5.41, 5.74) is 2.75. The van der Waals surface area contributed by atoms with Crippen molar-refractivity contribution in [3.05, 3.63) is 69.0 Å². The van der Waals surface area contributed by atoms with Gasteiger partial charge < -0.3 is 34.6 Å². The topological polar surface area (TPSA) is 129 Å². The van der Waals surface area contributed by atoms with Gasteiger partial charge in [-0.2, -0.15) is 0 Å². The van der Waals surface area contributed by atoms with E-state index in [0.717, 1.165) is 24.8 Å². The molecule has 3 aromatic rings. The van der Waals surface area contributed by atoms with Crippen LogP contribution in [0.25, 0.3) is 0 Å². The van der Waals surface area contributed by atoms with E-state index in [1.807, 2.05) is 33.0 Å². The van der Waals surface area contributed by atoms with Gasteiger partial charge in [0, 0.05) is 37.8 Å². The highest BCUT2D eigenvalue weighted by molar-refractivity contribution is 6.42. The van der Waals surface area contributed by atoms with Gasteiger partial charge in [0.25, 0.3) is 5.91 Å². The summed E-state index contributed by atoms with van der Waals surface area (Å²) in [6.07, 6.45) is 2.15. The number of hydrogen-bond donors (Lipinski definition) is 3. The fourth-order valence-electron chi connectivity index (χ4n) is 5.72. The van der Waals surface area contributed by atoms with Crippen LogP contribution in [0.1, 0.15) is 67.4 Å². The zero-order valence-corrected chi connectivity index (χ0v) is 30.0. The lowest BCUT2D eigenvalue weighted by Crippen LogP contribution is -2.47. The number of aromatic nitrogens is 1. The SMILES string of the molecule is Cc1noc(C)c1NC(=O)Nc1ccc2c(c1)C(=O)N([C@H](C)CO)C[C@@H](C)[C@H](CN(C)Cc1ccc(Cl)c(Cl)c1)OCCCC[C@@H](C)O2. The molecule has 0 unspecified atom stereocenters. The summed E-state index contributed by atoms with van der Waals surface area (Å²) in [5, 5.41) is 20.7. The number of fused-ring (bicyclic) bond motifs is 1. The minimum atomic E-state index is -0.508. The lowest BCUT2D eigenvalue weighted by molar-refractivity contribution is -0.0177. The second-order valence-electron chi connectivity index (χ2n) is 12.7. The third kappa shape index (κ3) is 10.1. The largest absolute Gasteiger partial charge is 0.490 e. The van der Waals surface area contributed by atoms with E-state index < -0.39 is 12.1 Å². The lowest BCUT2D eigenvalue weighted by Gasteiger charge is -2.36. The zero-order valence-electron chi connectivity index (χ0n) is 28.5. The predicted molar refractivity (Wildman–Crippen MR) is 188 cm³/mol. The molecular formula is C35H47Cl2N5O6. The van der Waals surface area contributed by atoms with Gasteiger partial charge in [0.1, 0.15) is 17.1 Å². The summed E-state index contributed by atoms with van der Waals surface area (Å²) >= 11 is 12.4. The number of halogens is 2. The predicted octanol–water partition coefficient (Wildman–Crippen LogP) is 7.17. The van der Waals surface area contributed by atoms with E-state index >= 15 is 0 Å². The maximum atomic E-state index is 14.4. The highest BCUT2D eigenvalue weighted by Crippen LogP contribution is 2.29. The maximum Gasteiger partial charge on any atom is 0.323 e. The van der Waals surface area contributed by atoms with Gasteiger partial charge in [0.15, 0.2) is 5.76 Å². The Morgan fingerprint density at radius 3 is 2.58 bits per heavy atom. The van der Waals surface area contributed by atoms with Crippen molar-refractivity contribution in [2.75, 3.05) is 44.0 Å². The summed E-state index contributed by atoms with van der Waals surface area (Å²) in [7, 11) is 2.02. The van der Waals surface area contributed by atoms with Gasteiger partial charge in [-0.1, -0.05) is 41.3 Å². The number of carbonyl (C=O) groups excluding carboxylic acids is 2. The highest BCUT2D eigenvalue weighted by Gasteiger charge is 2.30. The molecule has 0 saturated carbocycles. The van der Waals surface area contributed by atoms with Gasteiger partial charge in [-0.05, 0) is 89.9 Å². The quantitative estimate of drug-likeness (QED) is 0.225. The molecule has 0 saturated heterocycles. The van der Waals surface area contributed by atoms with Crippen LogP contribution < -0.4 is 15.4 Å². The number of likely N-dealkylation sites (N-methyl/N-ethyl adjacent to an activating group) is 1. The van der Waals surface area contributed by atoms with Crippen LogP contribution in [0.15, 0.2) is 40.9 Å². The number of amides is 3. The molecule has 0 spiro atoms. The molecule has 0 bridgehead atoms.